The quantitative estimate of drug-likeness (QED) is 0.101. The Morgan fingerprint density at radius 3 is 1.02 bits per heavy atom. The van der Waals surface area contributed by atoms with Crippen LogP contribution >= 0.6 is 34.0 Å². The fraction of sp³-hybridized carbons (Fsp3) is 0.00870. The molecule has 3 aromatic heterocycles. The predicted molar refractivity (Wildman–Crippen MR) is 517 cm³/mol. The van der Waals surface area contributed by atoms with Crippen LogP contribution in [0.3, 0.4) is 0 Å². The van der Waals surface area contributed by atoms with Gasteiger partial charge in [0.2, 0.25) is 0 Å². The summed E-state index contributed by atoms with van der Waals surface area (Å²) in [4.78, 5) is 1.19. The number of rotatable bonds is 13. The van der Waals surface area contributed by atoms with Crippen molar-refractivity contribution in [2.24, 2.45) is 0 Å². The van der Waals surface area contributed by atoms with Crippen molar-refractivity contribution in [1.82, 2.24) is 0 Å². The van der Waals surface area contributed by atoms with Gasteiger partial charge in [-0.2, -0.15) is 0 Å². The van der Waals surface area contributed by atoms with Gasteiger partial charge in [0.15, 0.2) is 0 Å². The van der Waals surface area contributed by atoms with Gasteiger partial charge < -0.3 is 0 Å². The molecule has 0 N–H and O–H groups in total. The Morgan fingerprint density at radius 1 is 0.195 bits per heavy atom. The van der Waals surface area contributed by atoms with Crippen molar-refractivity contribution in [1.29, 1.82) is 0 Å². The van der Waals surface area contributed by atoms with Gasteiger partial charge in [-0.25, -0.2) is 0 Å². The zero-order valence-electron chi connectivity index (χ0n) is 64.6. The van der Waals surface area contributed by atoms with Crippen LogP contribution in [0.2, 0.25) is 0 Å². The van der Waals surface area contributed by atoms with E-state index >= 15 is 0 Å². The standard InChI is InChI=1S/C115H72S3/c1-3-27-82-84-62-60-78(69-108(84)116-103(82)4-2)110-89-38-15-17-40-91(89)113(86-35-12-8-30-79(86)72-28-6-5-7-29-72)102-67-76(59-64-97(102)110)71-52-56-74(57-53-71)81-32-10-13-36-87(81)114-90-39-16-14-37-88(90)109(77-61-65-106-100(68-77)83-33-22-24-47-104(83)117-106)96-63-58-75(66-101(96)114)70-50-54-73(55-51-70)80-31-9-11-34-85(80)111-92-41-18-20-43-94(92)112(95-44-21-19-42-93(95)111)99-46-26-49-107-115(99)98-45-23-25-48-105(98)118-107/h3-69H,2H2,1H3/b27-3-. The molecule has 0 saturated carbocycles. The van der Waals surface area contributed by atoms with Gasteiger partial charge in [-0.15, -0.1) is 34.0 Å². The lowest BCUT2D eigenvalue weighted by Crippen LogP contribution is -1.94. The van der Waals surface area contributed by atoms with Crippen molar-refractivity contribution < 1.29 is 0 Å². The maximum absolute atomic E-state index is 4.24. The summed E-state index contributed by atoms with van der Waals surface area (Å²) in [5.74, 6) is 0. The van der Waals surface area contributed by atoms with Crippen LogP contribution in [0.15, 0.2) is 401 Å². The smallest absolute Gasteiger partial charge is 0.0361 e. The van der Waals surface area contributed by atoms with E-state index in [1.807, 2.05) is 40.1 Å². The van der Waals surface area contributed by atoms with Crippen molar-refractivity contribution in [3.63, 3.8) is 0 Å². The second-order valence-electron chi connectivity index (χ2n) is 31.0. The van der Waals surface area contributed by atoms with Gasteiger partial charge in [0, 0.05) is 55.3 Å². The summed E-state index contributed by atoms with van der Waals surface area (Å²) in [6.45, 7) is 6.33. The predicted octanol–water partition coefficient (Wildman–Crippen LogP) is 34.6. The highest BCUT2D eigenvalue weighted by Crippen LogP contribution is 2.54. The van der Waals surface area contributed by atoms with E-state index in [-0.39, 0.29) is 0 Å². The summed E-state index contributed by atoms with van der Waals surface area (Å²) in [5.41, 5.74) is 27.6. The highest BCUT2D eigenvalue weighted by atomic mass is 32.1. The van der Waals surface area contributed by atoms with E-state index in [0.29, 0.717) is 0 Å². The van der Waals surface area contributed by atoms with E-state index in [1.165, 1.54) is 220 Å². The average molecular weight is 1550 g/mol. The van der Waals surface area contributed by atoms with Crippen molar-refractivity contribution >= 4 is 161 Å². The van der Waals surface area contributed by atoms with Gasteiger partial charge >= 0.3 is 0 Å². The molecule has 3 heteroatoms. The van der Waals surface area contributed by atoms with E-state index in [2.05, 4.69) is 414 Å². The Labute approximate surface area is 696 Å². The van der Waals surface area contributed by atoms with Crippen LogP contribution in [0.25, 0.3) is 250 Å². The lowest BCUT2D eigenvalue weighted by molar-refractivity contribution is 1.58. The minimum atomic E-state index is 1.15. The summed E-state index contributed by atoms with van der Waals surface area (Å²) in [5, 5.41) is 21.2. The van der Waals surface area contributed by atoms with Gasteiger partial charge in [0.25, 0.3) is 0 Å². The number of thiophene rings is 3. The third-order valence-electron chi connectivity index (χ3n) is 24.6. The first-order valence-electron chi connectivity index (χ1n) is 40.6. The Hall–Kier alpha value is -14.2. The lowest BCUT2D eigenvalue weighted by Gasteiger charge is -2.21. The molecule has 550 valence electrons. The monoisotopic (exact) mass is 1550 g/mol. The van der Waals surface area contributed by atoms with Crippen molar-refractivity contribution in [3.05, 3.63) is 411 Å². The average Bonchev–Trinajstić information content (AvgIpc) is 0.962. The van der Waals surface area contributed by atoms with E-state index in [9.17, 15) is 0 Å². The van der Waals surface area contributed by atoms with Crippen LogP contribution in [0.1, 0.15) is 17.4 Å². The molecule has 0 atom stereocenters. The van der Waals surface area contributed by atoms with Crippen LogP contribution in [0, 0.1) is 0 Å². The molecule has 0 unspecified atom stereocenters. The highest BCUT2D eigenvalue weighted by Gasteiger charge is 2.27. The molecule has 118 heavy (non-hydrogen) atoms. The molecule has 0 bridgehead atoms. The number of hydrogen-bond acceptors (Lipinski definition) is 3. The van der Waals surface area contributed by atoms with Gasteiger partial charge in [0.05, 0.1) is 0 Å². The Kier molecular flexibility index (Phi) is 16.7. The number of fused-ring (bicyclic) bond motifs is 13. The van der Waals surface area contributed by atoms with Crippen LogP contribution in [-0.2, 0) is 0 Å². The molecule has 0 aliphatic carbocycles. The molecule has 0 radical (unpaired) electrons. The maximum Gasteiger partial charge on any atom is 0.0361 e. The van der Waals surface area contributed by atoms with Crippen LogP contribution < -0.4 is 0 Å². The Bertz CT molecular complexity index is 8060. The second-order valence-corrected chi connectivity index (χ2v) is 34.2. The number of benzene rings is 20. The van der Waals surface area contributed by atoms with Crippen LogP contribution in [-0.4, -0.2) is 0 Å². The van der Waals surface area contributed by atoms with Crippen molar-refractivity contribution in [2.45, 2.75) is 6.92 Å². The number of allylic oxidation sites excluding steroid dienone is 1. The normalized spacial score (nSPS) is 11.9. The van der Waals surface area contributed by atoms with Gasteiger partial charge in [-0.05, 0) is 248 Å². The Balaban J connectivity index is 0.670. The summed E-state index contributed by atoms with van der Waals surface area (Å²) in [7, 11) is 0. The second kappa shape index (κ2) is 28.4. The summed E-state index contributed by atoms with van der Waals surface area (Å²) in [6, 6.07) is 146. The summed E-state index contributed by atoms with van der Waals surface area (Å²) in [6.07, 6.45) is 6.35. The maximum atomic E-state index is 4.24. The highest BCUT2D eigenvalue weighted by molar-refractivity contribution is 7.26. The molecule has 0 aliphatic heterocycles. The largest absolute Gasteiger partial charge is 0.135 e. The molecule has 0 amide bonds. The van der Waals surface area contributed by atoms with Gasteiger partial charge in [0.1, 0.15) is 0 Å². The molecule has 0 aliphatic rings. The number of hydrogen-bond donors (Lipinski definition) is 0. The topological polar surface area (TPSA) is 0 Å². The fourth-order valence-electron chi connectivity index (χ4n) is 19.4. The zero-order valence-corrected chi connectivity index (χ0v) is 67.1. The zero-order chi connectivity index (χ0) is 78.1. The molecule has 3 heterocycles. The third-order valence-corrected chi connectivity index (χ3v) is 28.1. The lowest BCUT2D eigenvalue weighted by atomic mass is 9.82. The van der Waals surface area contributed by atoms with E-state index < -0.39 is 0 Å². The minimum absolute atomic E-state index is 1.15. The molecule has 0 saturated heterocycles. The molecule has 23 rings (SSSR count). The van der Waals surface area contributed by atoms with Crippen molar-refractivity contribution in [3.8, 4) is 122 Å². The SMILES string of the molecule is C=Cc1sc2cc(-c3c4ccccc4c(-c4ccccc4-c4ccccc4)c4cc(-c5ccc(-c6ccccc6-c6c7ccccc7c(-c7ccc8sc9ccccc9c8c7)c7ccc(-c8ccc(-c9ccccc9-c9c%10ccccc%10c(-c%10cccc%11sc%12ccccc%12c%10%11)c%10ccccc9%10)cc8)cc67)cc5)ccc34)ccc2c1/C=C\C. The first kappa shape index (κ1) is 69.4. The third kappa shape index (κ3) is 11.2. The first-order chi connectivity index (χ1) is 58.5. The minimum Gasteiger partial charge on any atom is -0.135 e. The van der Waals surface area contributed by atoms with E-state index in [4.69, 9.17) is 0 Å². The molecule has 23 aromatic rings. The molecule has 0 fully saturated rings. The van der Waals surface area contributed by atoms with E-state index in [1.54, 1.807) is 0 Å². The van der Waals surface area contributed by atoms with Gasteiger partial charge in [-0.3, -0.25) is 0 Å². The fourth-order valence-corrected chi connectivity index (χ4v) is 22.7. The first-order valence-corrected chi connectivity index (χ1v) is 43.0. The van der Waals surface area contributed by atoms with Crippen LogP contribution in [0.4, 0.5) is 0 Å². The summed E-state index contributed by atoms with van der Waals surface area (Å²) >= 11 is 5.56. The molecule has 0 nitrogen and oxygen atoms in total. The van der Waals surface area contributed by atoms with Crippen molar-refractivity contribution in [2.75, 3.05) is 0 Å². The van der Waals surface area contributed by atoms with Crippen LogP contribution in [0.5, 0.6) is 0 Å². The molecular weight excluding hydrogens is 1480 g/mol. The van der Waals surface area contributed by atoms with E-state index in [0.717, 1.165) is 27.8 Å². The molecular formula is C115H72S3. The van der Waals surface area contributed by atoms with Gasteiger partial charge in [-0.1, -0.05) is 365 Å². The summed E-state index contributed by atoms with van der Waals surface area (Å²) < 4.78 is 6.46. The molecule has 0 spiro atoms. The molecule has 20 aromatic carbocycles. The Morgan fingerprint density at radius 2 is 0.517 bits per heavy atom.